The number of benzene rings is 1. The van der Waals surface area contributed by atoms with Crippen LogP contribution in [0, 0.1) is 13.8 Å². The first kappa shape index (κ1) is 15.5. The second kappa shape index (κ2) is 5.45. The topological polar surface area (TPSA) is 90.0 Å². The number of sulfonamides is 1. The van der Waals surface area contributed by atoms with Crippen molar-refractivity contribution in [3.63, 3.8) is 0 Å². The number of nitrogens with one attached hydrogen (secondary N) is 1. The first-order chi connectivity index (χ1) is 9.72. The molecule has 3 N–H and O–H groups in total. The molecule has 0 bridgehead atoms. The maximum atomic E-state index is 12.5. The molecule has 0 aliphatic rings. The van der Waals surface area contributed by atoms with Gasteiger partial charge in [0.25, 0.3) is 10.0 Å². The largest absolute Gasteiger partial charge is 0.389 e. The van der Waals surface area contributed by atoms with Crippen molar-refractivity contribution in [3.05, 3.63) is 41.1 Å². The van der Waals surface area contributed by atoms with Crippen molar-refractivity contribution < 1.29 is 8.42 Å². The van der Waals surface area contributed by atoms with E-state index < -0.39 is 10.0 Å². The number of aromatic nitrogens is 2. The average molecular weight is 324 g/mol. The number of rotatable bonds is 4. The van der Waals surface area contributed by atoms with Crippen molar-refractivity contribution in [3.8, 4) is 0 Å². The first-order valence-corrected chi connectivity index (χ1v) is 8.03. The van der Waals surface area contributed by atoms with E-state index in [4.69, 9.17) is 18.0 Å². The first-order valence-electron chi connectivity index (χ1n) is 6.14. The Labute approximate surface area is 129 Å². The predicted molar refractivity (Wildman–Crippen MR) is 85.8 cm³/mol. The molecule has 0 amide bonds. The lowest BCUT2D eigenvalue weighted by Crippen LogP contribution is -2.19. The summed E-state index contributed by atoms with van der Waals surface area (Å²) in [5, 5.41) is 3.97. The molecule has 2 rings (SSSR count). The van der Waals surface area contributed by atoms with Gasteiger partial charge >= 0.3 is 0 Å². The monoisotopic (exact) mass is 324 g/mol. The molecule has 0 atom stereocenters. The number of anilines is 1. The van der Waals surface area contributed by atoms with Gasteiger partial charge in [-0.1, -0.05) is 18.3 Å². The van der Waals surface area contributed by atoms with Crippen molar-refractivity contribution >= 4 is 33.0 Å². The van der Waals surface area contributed by atoms with Gasteiger partial charge < -0.3 is 5.73 Å². The minimum atomic E-state index is -3.73. The van der Waals surface area contributed by atoms with Crippen LogP contribution in [0.3, 0.4) is 0 Å². The normalized spacial score (nSPS) is 11.4. The summed E-state index contributed by atoms with van der Waals surface area (Å²) in [5.41, 5.74) is 7.89. The van der Waals surface area contributed by atoms with Crippen LogP contribution in [0.2, 0.25) is 0 Å². The Bertz CT molecular complexity index is 810. The number of nitrogens with zero attached hydrogens (tertiary/aromatic N) is 2. The second-order valence-electron chi connectivity index (χ2n) is 4.75. The highest BCUT2D eigenvalue weighted by atomic mass is 32.2. The number of nitrogens with two attached hydrogens (primary N) is 1. The Morgan fingerprint density at radius 3 is 2.57 bits per heavy atom. The van der Waals surface area contributed by atoms with Crippen LogP contribution >= 0.6 is 12.2 Å². The van der Waals surface area contributed by atoms with E-state index in [1.807, 2.05) is 13.8 Å². The van der Waals surface area contributed by atoms with Crippen molar-refractivity contribution in [1.29, 1.82) is 0 Å². The van der Waals surface area contributed by atoms with Gasteiger partial charge in [-0.3, -0.25) is 9.40 Å². The Balaban J connectivity index is 2.44. The van der Waals surface area contributed by atoms with E-state index in [1.54, 1.807) is 25.2 Å². The van der Waals surface area contributed by atoms with Crippen molar-refractivity contribution in [2.45, 2.75) is 18.7 Å². The van der Waals surface area contributed by atoms with Gasteiger partial charge in [0.15, 0.2) is 0 Å². The van der Waals surface area contributed by atoms with Gasteiger partial charge in [0.05, 0.1) is 16.7 Å². The number of hydrogen-bond donors (Lipinski definition) is 2. The summed E-state index contributed by atoms with van der Waals surface area (Å²) < 4.78 is 28.8. The molecule has 0 aliphatic carbocycles. The van der Waals surface area contributed by atoms with Crippen molar-refractivity contribution in [2.75, 3.05) is 4.72 Å². The maximum absolute atomic E-state index is 12.5. The number of thiocarbonyl (C=S) groups is 1. The average Bonchev–Trinajstić information content (AvgIpc) is 2.74. The van der Waals surface area contributed by atoms with Crippen molar-refractivity contribution in [1.82, 2.24) is 9.78 Å². The molecule has 0 saturated carbocycles. The highest BCUT2D eigenvalue weighted by molar-refractivity contribution is 7.92. The Hall–Kier alpha value is -1.93. The van der Waals surface area contributed by atoms with Gasteiger partial charge in [-0.25, -0.2) is 8.42 Å². The fraction of sp³-hybridized carbons (Fsp3) is 0.231. The number of aryl methyl sites for hydroxylation is 3. The summed E-state index contributed by atoms with van der Waals surface area (Å²) >= 11 is 4.90. The lowest BCUT2D eigenvalue weighted by molar-refractivity contribution is 0.600. The zero-order valence-corrected chi connectivity index (χ0v) is 13.5. The lowest BCUT2D eigenvalue weighted by atomic mass is 10.1. The molecule has 0 spiro atoms. The van der Waals surface area contributed by atoms with Crippen LogP contribution in [0.5, 0.6) is 0 Å². The van der Waals surface area contributed by atoms with Crippen LogP contribution in [-0.4, -0.2) is 23.2 Å². The molecule has 0 saturated heterocycles. The van der Waals surface area contributed by atoms with Gasteiger partial charge in [0.1, 0.15) is 10.8 Å². The summed E-state index contributed by atoms with van der Waals surface area (Å²) in [6.45, 7) is 3.78. The summed E-state index contributed by atoms with van der Waals surface area (Å²) in [6.07, 6.45) is 1.43. The van der Waals surface area contributed by atoms with Gasteiger partial charge in [0, 0.05) is 7.05 Å². The smallest absolute Gasteiger partial charge is 0.263 e. The van der Waals surface area contributed by atoms with Crippen LogP contribution in [0.1, 0.15) is 16.7 Å². The second-order valence-corrected chi connectivity index (χ2v) is 6.87. The molecule has 0 unspecified atom stereocenters. The van der Waals surface area contributed by atoms with Crippen LogP contribution in [-0.2, 0) is 17.1 Å². The lowest BCUT2D eigenvalue weighted by Gasteiger charge is -2.11. The fourth-order valence-corrected chi connectivity index (χ4v) is 3.15. The zero-order chi connectivity index (χ0) is 15.8. The van der Waals surface area contributed by atoms with Crippen LogP contribution in [0.4, 0.5) is 5.82 Å². The highest BCUT2D eigenvalue weighted by Crippen LogP contribution is 2.21. The van der Waals surface area contributed by atoms with E-state index in [9.17, 15) is 8.42 Å². The molecule has 21 heavy (non-hydrogen) atoms. The van der Waals surface area contributed by atoms with Gasteiger partial charge in [-0.05, 0) is 37.1 Å². The van der Waals surface area contributed by atoms with Crippen molar-refractivity contribution in [2.24, 2.45) is 12.8 Å². The summed E-state index contributed by atoms with van der Waals surface area (Å²) in [6, 6.07) is 4.94. The Morgan fingerprint density at radius 2 is 2.00 bits per heavy atom. The molecule has 1 aromatic heterocycles. The van der Waals surface area contributed by atoms with E-state index in [-0.39, 0.29) is 15.7 Å². The fourth-order valence-electron chi connectivity index (χ4n) is 1.81. The zero-order valence-electron chi connectivity index (χ0n) is 11.9. The molecule has 6 nitrogen and oxygen atoms in total. The quantitative estimate of drug-likeness (QED) is 0.831. The highest BCUT2D eigenvalue weighted by Gasteiger charge is 2.20. The molecule has 8 heteroatoms. The minimum absolute atomic E-state index is 0.0842. The molecular weight excluding hydrogens is 308 g/mol. The van der Waals surface area contributed by atoms with E-state index in [1.165, 1.54) is 10.9 Å². The summed E-state index contributed by atoms with van der Waals surface area (Å²) in [7, 11) is -2.12. The Kier molecular flexibility index (Phi) is 4.02. The summed E-state index contributed by atoms with van der Waals surface area (Å²) in [4.78, 5) is 0.265. The van der Waals surface area contributed by atoms with Crippen LogP contribution in [0.15, 0.2) is 29.3 Å². The van der Waals surface area contributed by atoms with E-state index in [0.717, 1.165) is 11.1 Å². The third-order valence-electron chi connectivity index (χ3n) is 3.22. The summed E-state index contributed by atoms with van der Waals surface area (Å²) in [5.74, 6) is 0.251. The predicted octanol–water partition coefficient (Wildman–Crippen LogP) is 1.47. The number of hydrogen-bond acceptors (Lipinski definition) is 4. The molecular formula is C13H16N4O2S2. The van der Waals surface area contributed by atoms with Gasteiger partial charge in [0.2, 0.25) is 0 Å². The third-order valence-corrected chi connectivity index (χ3v) is 4.78. The molecule has 0 fully saturated rings. The van der Waals surface area contributed by atoms with E-state index in [0.29, 0.717) is 5.56 Å². The standard InChI is InChI=1S/C13H16N4O2S2/c1-8-4-5-10(6-9(8)2)21(18,19)16-13-11(12(14)20)7-15-17(13)3/h4-7,16H,1-3H3,(H2,14,20). The van der Waals surface area contributed by atoms with Gasteiger partial charge in [-0.2, -0.15) is 5.10 Å². The minimum Gasteiger partial charge on any atom is -0.389 e. The molecule has 0 radical (unpaired) electrons. The third kappa shape index (κ3) is 3.06. The maximum Gasteiger partial charge on any atom is 0.263 e. The SMILES string of the molecule is Cc1ccc(S(=O)(=O)Nc2c(C(N)=S)cnn2C)cc1C. The Morgan fingerprint density at radius 1 is 1.33 bits per heavy atom. The van der Waals surface area contributed by atoms with E-state index >= 15 is 0 Å². The van der Waals surface area contributed by atoms with E-state index in [2.05, 4.69) is 9.82 Å². The molecule has 1 aromatic carbocycles. The molecule has 0 aliphatic heterocycles. The molecule has 2 aromatic rings. The molecule has 112 valence electrons. The van der Waals surface area contributed by atoms with Crippen LogP contribution in [0.25, 0.3) is 0 Å². The van der Waals surface area contributed by atoms with Crippen LogP contribution < -0.4 is 10.5 Å². The van der Waals surface area contributed by atoms with Gasteiger partial charge in [-0.15, -0.1) is 0 Å². The molecule has 1 heterocycles.